The number of halogens is 1. The highest BCUT2D eigenvalue weighted by Gasteiger charge is 2.23. The molecule has 0 aliphatic carbocycles. The van der Waals surface area contributed by atoms with Crippen molar-refractivity contribution < 1.29 is 9.84 Å². The van der Waals surface area contributed by atoms with Crippen molar-refractivity contribution in [2.75, 3.05) is 24.6 Å². The van der Waals surface area contributed by atoms with Crippen LogP contribution in [0, 0.1) is 11.3 Å². The van der Waals surface area contributed by atoms with Crippen LogP contribution in [0.5, 0.6) is 0 Å². The van der Waals surface area contributed by atoms with Gasteiger partial charge < -0.3 is 14.7 Å². The van der Waals surface area contributed by atoms with Crippen molar-refractivity contribution in [2.45, 2.75) is 12.7 Å². The van der Waals surface area contributed by atoms with E-state index in [4.69, 9.17) is 21.6 Å². The molecule has 1 N–H and O–H groups in total. The number of aromatic nitrogens is 2. The van der Waals surface area contributed by atoms with Gasteiger partial charge >= 0.3 is 0 Å². The normalized spacial score (nSPS) is 20.1. The van der Waals surface area contributed by atoms with Gasteiger partial charge in [-0.05, 0) is 0 Å². The van der Waals surface area contributed by atoms with Crippen molar-refractivity contribution in [3.8, 4) is 6.07 Å². The molecule has 2 heterocycles. The average Bonchev–Trinajstić information content (AvgIpc) is 2.38. The maximum Gasteiger partial charge on any atom is 0.161 e. The van der Waals surface area contributed by atoms with Crippen molar-refractivity contribution in [1.29, 1.82) is 5.26 Å². The summed E-state index contributed by atoms with van der Waals surface area (Å²) < 4.78 is 5.24. The average molecular weight is 255 g/mol. The predicted molar refractivity (Wildman–Crippen MR) is 60.5 cm³/mol. The third kappa shape index (κ3) is 2.47. The molecule has 1 aromatic heterocycles. The minimum atomic E-state index is -0.482. The van der Waals surface area contributed by atoms with E-state index in [2.05, 4.69) is 16.0 Å². The van der Waals surface area contributed by atoms with Gasteiger partial charge in [0.05, 0.1) is 31.4 Å². The maximum atomic E-state index is 9.27. The molecule has 0 bridgehead atoms. The minimum absolute atomic E-state index is 0.233. The molecule has 0 radical (unpaired) electrons. The molecule has 1 unspecified atom stereocenters. The highest BCUT2D eigenvalue weighted by Crippen LogP contribution is 2.24. The Labute approximate surface area is 103 Å². The van der Waals surface area contributed by atoms with Crippen LogP contribution in [-0.4, -0.2) is 40.9 Å². The van der Waals surface area contributed by atoms with Crippen LogP contribution in [0.25, 0.3) is 0 Å². The monoisotopic (exact) mass is 254 g/mol. The highest BCUT2D eigenvalue weighted by atomic mass is 35.5. The van der Waals surface area contributed by atoms with E-state index in [0.29, 0.717) is 31.1 Å². The summed E-state index contributed by atoms with van der Waals surface area (Å²) in [5, 5.41) is 18.3. The number of aliphatic hydroxyl groups is 1. The van der Waals surface area contributed by atoms with Crippen LogP contribution in [0.2, 0.25) is 5.15 Å². The third-order valence-corrected chi connectivity index (χ3v) is 2.86. The van der Waals surface area contributed by atoms with Crippen molar-refractivity contribution in [1.82, 2.24) is 9.97 Å². The number of hydrogen-bond donors (Lipinski definition) is 1. The van der Waals surface area contributed by atoms with E-state index in [0.717, 1.165) is 0 Å². The second-order valence-corrected chi connectivity index (χ2v) is 3.92. The molecule has 17 heavy (non-hydrogen) atoms. The van der Waals surface area contributed by atoms with E-state index in [-0.39, 0.29) is 11.8 Å². The third-order valence-electron chi connectivity index (χ3n) is 2.54. The molecule has 0 spiro atoms. The number of nitriles is 1. The standard InChI is InChI=1S/C10H11ClN4O2/c11-9-8(5-16)10(14-6-13-9)15-1-2-17-7(3-12)4-15/h6-7,16H,1-2,4-5H2. The van der Waals surface area contributed by atoms with Crippen LogP contribution in [0.1, 0.15) is 5.56 Å². The second-order valence-electron chi connectivity index (χ2n) is 3.56. The molecule has 90 valence electrons. The number of nitrogens with zero attached hydrogens (tertiary/aromatic N) is 4. The van der Waals surface area contributed by atoms with Gasteiger partial charge in [0.1, 0.15) is 17.3 Å². The highest BCUT2D eigenvalue weighted by molar-refractivity contribution is 6.30. The Kier molecular flexibility index (Phi) is 3.74. The largest absolute Gasteiger partial charge is 0.391 e. The summed E-state index contributed by atoms with van der Waals surface area (Å²) in [6.45, 7) is 1.24. The van der Waals surface area contributed by atoms with Gasteiger partial charge in [0.2, 0.25) is 0 Å². The van der Waals surface area contributed by atoms with E-state index >= 15 is 0 Å². The lowest BCUT2D eigenvalue weighted by Gasteiger charge is -2.31. The Morgan fingerprint density at radius 3 is 3.18 bits per heavy atom. The van der Waals surface area contributed by atoms with Crippen molar-refractivity contribution >= 4 is 17.4 Å². The number of ether oxygens (including phenoxy) is 1. The van der Waals surface area contributed by atoms with Crippen LogP contribution in [0.3, 0.4) is 0 Å². The van der Waals surface area contributed by atoms with E-state index in [9.17, 15) is 5.11 Å². The van der Waals surface area contributed by atoms with Crippen molar-refractivity contribution in [3.05, 3.63) is 17.0 Å². The van der Waals surface area contributed by atoms with Gasteiger partial charge in [0.15, 0.2) is 6.10 Å². The maximum absolute atomic E-state index is 9.27. The lowest BCUT2D eigenvalue weighted by molar-refractivity contribution is 0.0759. The molecular formula is C10H11ClN4O2. The van der Waals surface area contributed by atoms with E-state index in [1.807, 2.05) is 4.90 Å². The Bertz CT molecular complexity index is 448. The van der Waals surface area contributed by atoms with Gasteiger partial charge in [-0.2, -0.15) is 5.26 Å². The summed E-state index contributed by atoms with van der Waals surface area (Å²) in [5.74, 6) is 0.566. The molecule has 6 nitrogen and oxygen atoms in total. The molecular weight excluding hydrogens is 244 g/mol. The van der Waals surface area contributed by atoms with Gasteiger partial charge in [0, 0.05) is 6.54 Å². The van der Waals surface area contributed by atoms with Gasteiger partial charge in [-0.25, -0.2) is 9.97 Å². The van der Waals surface area contributed by atoms with Crippen molar-refractivity contribution in [2.24, 2.45) is 0 Å². The first-order valence-corrected chi connectivity index (χ1v) is 5.50. The molecule has 1 saturated heterocycles. The number of anilines is 1. The first-order chi connectivity index (χ1) is 8.26. The SMILES string of the molecule is N#CC1CN(c2ncnc(Cl)c2CO)CCO1. The lowest BCUT2D eigenvalue weighted by Crippen LogP contribution is -2.42. The number of hydrogen-bond acceptors (Lipinski definition) is 6. The first kappa shape index (κ1) is 12.0. The summed E-state index contributed by atoms with van der Waals surface area (Å²) >= 11 is 5.88. The van der Waals surface area contributed by atoms with Gasteiger partial charge in [-0.1, -0.05) is 11.6 Å². The predicted octanol–water partition coefficient (Wildman–Crippen LogP) is 0.351. The fourth-order valence-electron chi connectivity index (χ4n) is 1.71. The number of aliphatic hydroxyl groups excluding tert-OH is 1. The zero-order chi connectivity index (χ0) is 12.3. The van der Waals surface area contributed by atoms with E-state index in [1.54, 1.807) is 0 Å². The van der Waals surface area contributed by atoms with Crippen LogP contribution >= 0.6 is 11.6 Å². The van der Waals surface area contributed by atoms with Crippen LogP contribution in [0.15, 0.2) is 6.33 Å². The second kappa shape index (κ2) is 5.27. The molecule has 1 fully saturated rings. The molecule has 0 saturated carbocycles. The van der Waals surface area contributed by atoms with Gasteiger partial charge in [0.25, 0.3) is 0 Å². The van der Waals surface area contributed by atoms with Crippen LogP contribution in [0.4, 0.5) is 5.82 Å². The topological polar surface area (TPSA) is 82.3 Å². The zero-order valence-corrected chi connectivity index (χ0v) is 9.76. The molecule has 7 heteroatoms. The Morgan fingerprint density at radius 2 is 2.47 bits per heavy atom. The van der Waals surface area contributed by atoms with Crippen LogP contribution < -0.4 is 4.90 Å². The Hall–Kier alpha value is -1.42. The molecule has 1 aliphatic rings. The Balaban J connectivity index is 2.28. The molecule has 1 aromatic rings. The van der Waals surface area contributed by atoms with Gasteiger partial charge in [-0.15, -0.1) is 0 Å². The summed E-state index contributed by atoms with van der Waals surface area (Å²) in [4.78, 5) is 9.80. The molecule has 0 aromatic carbocycles. The fourth-order valence-corrected chi connectivity index (χ4v) is 1.90. The zero-order valence-electron chi connectivity index (χ0n) is 9.01. The first-order valence-electron chi connectivity index (χ1n) is 5.12. The smallest absolute Gasteiger partial charge is 0.161 e. The fraction of sp³-hybridized carbons (Fsp3) is 0.500. The Morgan fingerprint density at radius 1 is 1.65 bits per heavy atom. The van der Waals surface area contributed by atoms with E-state index in [1.165, 1.54) is 6.33 Å². The molecule has 2 rings (SSSR count). The van der Waals surface area contributed by atoms with Gasteiger partial charge in [-0.3, -0.25) is 0 Å². The molecule has 0 amide bonds. The van der Waals surface area contributed by atoms with Crippen molar-refractivity contribution in [3.63, 3.8) is 0 Å². The summed E-state index contributed by atoms with van der Waals surface area (Å²) in [6, 6.07) is 2.05. The minimum Gasteiger partial charge on any atom is -0.391 e. The van der Waals surface area contributed by atoms with Crippen LogP contribution in [-0.2, 0) is 11.3 Å². The molecule has 1 atom stereocenters. The summed E-state index contributed by atoms with van der Waals surface area (Å²) in [7, 11) is 0. The quantitative estimate of drug-likeness (QED) is 0.767. The summed E-state index contributed by atoms with van der Waals surface area (Å²) in [6.07, 6.45) is 0.859. The van der Waals surface area contributed by atoms with E-state index < -0.39 is 6.10 Å². The molecule has 1 aliphatic heterocycles. The summed E-state index contributed by atoms with van der Waals surface area (Å²) in [5.41, 5.74) is 0.479. The number of rotatable bonds is 2. The number of morpholine rings is 1. The lowest BCUT2D eigenvalue weighted by atomic mass is 10.2.